The van der Waals surface area contributed by atoms with Crippen LogP contribution in [-0.4, -0.2) is 62.1 Å². The van der Waals surface area contributed by atoms with E-state index in [-0.39, 0.29) is 28.6 Å². The molecule has 48 heavy (non-hydrogen) atoms. The zero-order valence-corrected chi connectivity index (χ0v) is 28.5. The van der Waals surface area contributed by atoms with E-state index in [1.54, 1.807) is 57.7 Å². The minimum absolute atomic E-state index is 0.0331. The second kappa shape index (κ2) is 14.8. The van der Waals surface area contributed by atoms with Gasteiger partial charge >= 0.3 is 0 Å². The maximum absolute atomic E-state index is 14.2. The summed E-state index contributed by atoms with van der Waals surface area (Å²) in [5, 5.41) is 2.81. The van der Waals surface area contributed by atoms with Crippen LogP contribution in [0.3, 0.4) is 0 Å². The molecule has 10 nitrogen and oxygen atoms in total. The number of benzene rings is 3. The van der Waals surface area contributed by atoms with Crippen LogP contribution in [-0.2, 0) is 12.0 Å². The number of hydrogen-bond donors (Lipinski definition) is 2. The van der Waals surface area contributed by atoms with Gasteiger partial charge in [0, 0.05) is 31.4 Å². The lowest BCUT2D eigenvalue weighted by Crippen LogP contribution is -2.38. The molecule has 0 unspecified atom stereocenters. The second-order valence-electron chi connectivity index (χ2n) is 12.8. The van der Waals surface area contributed by atoms with Gasteiger partial charge in [-0.3, -0.25) is 19.5 Å². The fourth-order valence-electron chi connectivity index (χ4n) is 5.78. The molecule has 1 saturated heterocycles. The maximum atomic E-state index is 14.2. The number of nitrogen functional groups attached to an aromatic ring is 1. The van der Waals surface area contributed by atoms with E-state index in [0.717, 1.165) is 48.6 Å². The van der Waals surface area contributed by atoms with Crippen molar-refractivity contribution in [1.82, 2.24) is 9.88 Å². The van der Waals surface area contributed by atoms with Crippen molar-refractivity contribution in [3.8, 4) is 23.0 Å². The van der Waals surface area contributed by atoms with Gasteiger partial charge in [-0.2, -0.15) is 0 Å². The molecule has 0 spiro atoms. The molecule has 0 saturated carbocycles. The first-order valence-electron chi connectivity index (χ1n) is 16.0. The number of aromatic nitrogens is 1. The van der Waals surface area contributed by atoms with E-state index in [9.17, 15) is 9.59 Å². The lowest BCUT2D eigenvalue weighted by molar-refractivity contribution is 0.0920. The number of amides is 1. The number of nitrogens with two attached hydrogens (primary N) is 1. The fourth-order valence-corrected chi connectivity index (χ4v) is 5.78. The first-order valence-corrected chi connectivity index (χ1v) is 16.0. The predicted octanol–water partition coefficient (Wildman–Crippen LogP) is 6.51. The topological polar surface area (TPSA) is 125 Å². The summed E-state index contributed by atoms with van der Waals surface area (Å²) < 4.78 is 23.0. The maximum Gasteiger partial charge on any atom is 0.255 e. The van der Waals surface area contributed by atoms with Crippen molar-refractivity contribution in [3.63, 3.8) is 0 Å². The van der Waals surface area contributed by atoms with E-state index in [4.69, 9.17) is 24.7 Å². The lowest BCUT2D eigenvalue weighted by Gasteiger charge is -2.33. The SMILES string of the molecule is COc1ccc(C(=O)Nc2c(N)ccnc2C(=O)c2ccc(C(C)(C)C)cc2OC2CCN(Cc3c(OC)cccc3OC)CC2)cc1. The van der Waals surface area contributed by atoms with Crippen LogP contribution in [0.15, 0.2) is 72.9 Å². The standard InChI is InChI=1S/C38H44N4O6/c1-38(2,3)25-12-15-28(36(43)35-34(30(39)16-19-40-35)41-37(44)24-10-13-26(45-4)14-11-24)33(22-25)48-27-17-20-42(21-18-27)23-29-31(46-5)8-7-9-32(29)47-6/h7-16,19,22,27H,17-18,20-21,23H2,1-6H3,(H2,39,40)(H,41,44). The Labute approximate surface area is 282 Å². The Morgan fingerprint density at radius 3 is 2.17 bits per heavy atom. The summed E-state index contributed by atoms with van der Waals surface area (Å²) in [7, 11) is 4.89. The van der Waals surface area contributed by atoms with Crippen LogP contribution >= 0.6 is 0 Å². The van der Waals surface area contributed by atoms with E-state index in [1.807, 2.05) is 30.3 Å². The fraction of sp³-hybridized carbons (Fsp3) is 0.342. The highest BCUT2D eigenvalue weighted by molar-refractivity contribution is 6.17. The third-order valence-electron chi connectivity index (χ3n) is 8.62. The molecule has 1 aliphatic heterocycles. The Morgan fingerprint density at radius 1 is 0.896 bits per heavy atom. The van der Waals surface area contributed by atoms with Gasteiger partial charge in [0.1, 0.15) is 34.8 Å². The van der Waals surface area contributed by atoms with Crippen LogP contribution < -0.4 is 30.0 Å². The quantitative estimate of drug-likeness (QED) is 0.174. The van der Waals surface area contributed by atoms with Gasteiger partial charge in [-0.25, -0.2) is 0 Å². The van der Waals surface area contributed by atoms with Gasteiger partial charge in [0.25, 0.3) is 5.91 Å². The largest absolute Gasteiger partial charge is 0.497 e. The van der Waals surface area contributed by atoms with Gasteiger partial charge in [0.05, 0.1) is 43.8 Å². The van der Waals surface area contributed by atoms with Crippen LogP contribution in [0.5, 0.6) is 23.0 Å². The number of piperidine rings is 1. The molecule has 1 aliphatic rings. The Hall–Kier alpha value is -5.09. The van der Waals surface area contributed by atoms with Crippen molar-refractivity contribution >= 4 is 23.1 Å². The van der Waals surface area contributed by atoms with Gasteiger partial charge in [0.15, 0.2) is 0 Å². The molecular weight excluding hydrogens is 608 g/mol. The number of ketones is 1. The van der Waals surface area contributed by atoms with Gasteiger partial charge < -0.3 is 30.0 Å². The molecule has 4 aromatic rings. The second-order valence-corrected chi connectivity index (χ2v) is 12.8. The molecule has 0 bridgehead atoms. The Morgan fingerprint density at radius 2 is 1.56 bits per heavy atom. The zero-order chi connectivity index (χ0) is 34.4. The number of nitrogens with one attached hydrogen (secondary N) is 1. The number of carbonyl (C=O) groups excluding carboxylic acids is 2. The number of hydrogen-bond acceptors (Lipinski definition) is 9. The van der Waals surface area contributed by atoms with Crippen LogP contribution in [0.25, 0.3) is 0 Å². The third-order valence-corrected chi connectivity index (χ3v) is 8.62. The van der Waals surface area contributed by atoms with E-state index < -0.39 is 11.7 Å². The molecule has 2 heterocycles. The van der Waals surface area contributed by atoms with Crippen molar-refractivity contribution in [3.05, 3.63) is 101 Å². The molecule has 0 atom stereocenters. The molecule has 1 amide bonds. The van der Waals surface area contributed by atoms with Crippen LogP contribution in [0, 0.1) is 0 Å². The molecule has 5 rings (SSSR count). The average molecular weight is 653 g/mol. The van der Waals surface area contributed by atoms with Crippen molar-refractivity contribution in [2.45, 2.75) is 51.7 Å². The van der Waals surface area contributed by atoms with Crippen molar-refractivity contribution in [2.75, 3.05) is 45.5 Å². The molecule has 3 N–H and O–H groups in total. The highest BCUT2D eigenvalue weighted by Gasteiger charge is 2.28. The smallest absolute Gasteiger partial charge is 0.255 e. The number of ether oxygens (including phenoxy) is 4. The van der Waals surface area contributed by atoms with Crippen LogP contribution in [0.4, 0.5) is 11.4 Å². The summed E-state index contributed by atoms with van der Waals surface area (Å²) in [6.07, 6.45) is 2.89. The molecule has 3 aromatic carbocycles. The molecule has 1 aromatic heterocycles. The summed E-state index contributed by atoms with van der Waals surface area (Å²) >= 11 is 0. The number of nitrogens with zero attached hydrogens (tertiary/aromatic N) is 2. The van der Waals surface area contributed by atoms with Gasteiger partial charge in [-0.05, 0) is 78.4 Å². The van der Waals surface area contributed by atoms with Crippen LogP contribution in [0.1, 0.15) is 71.1 Å². The van der Waals surface area contributed by atoms with Gasteiger partial charge in [-0.1, -0.05) is 32.9 Å². The highest BCUT2D eigenvalue weighted by atomic mass is 16.5. The summed E-state index contributed by atoms with van der Waals surface area (Å²) in [5.74, 6) is 1.87. The highest BCUT2D eigenvalue weighted by Crippen LogP contribution is 2.35. The van der Waals surface area contributed by atoms with E-state index in [0.29, 0.717) is 29.2 Å². The lowest BCUT2D eigenvalue weighted by atomic mass is 9.86. The molecular formula is C38H44N4O6. The van der Waals surface area contributed by atoms with Crippen molar-refractivity contribution < 1.29 is 28.5 Å². The normalized spacial score (nSPS) is 13.9. The number of pyridine rings is 1. The predicted molar refractivity (Wildman–Crippen MR) is 187 cm³/mol. The van der Waals surface area contributed by atoms with Crippen molar-refractivity contribution in [1.29, 1.82) is 0 Å². The summed E-state index contributed by atoms with van der Waals surface area (Å²) in [4.78, 5) is 34.1. The van der Waals surface area contributed by atoms with Crippen molar-refractivity contribution in [2.24, 2.45) is 0 Å². The first-order chi connectivity index (χ1) is 23.0. The average Bonchev–Trinajstić information content (AvgIpc) is 3.09. The minimum atomic E-state index is -0.427. The Kier molecular flexibility index (Phi) is 10.5. The first kappa shape index (κ1) is 34.3. The van der Waals surface area contributed by atoms with E-state index in [2.05, 4.69) is 36.0 Å². The summed E-state index contributed by atoms with van der Waals surface area (Å²) in [5.41, 5.74) is 9.31. The van der Waals surface area contributed by atoms with Gasteiger partial charge in [-0.15, -0.1) is 0 Å². The summed E-state index contributed by atoms with van der Waals surface area (Å²) in [6.45, 7) is 8.63. The number of likely N-dealkylation sites (tertiary alicyclic amines) is 1. The minimum Gasteiger partial charge on any atom is -0.497 e. The number of methoxy groups -OCH3 is 3. The molecule has 10 heteroatoms. The molecule has 1 fully saturated rings. The van der Waals surface area contributed by atoms with Gasteiger partial charge in [0.2, 0.25) is 5.78 Å². The number of anilines is 2. The summed E-state index contributed by atoms with van der Waals surface area (Å²) in [6, 6.07) is 19.7. The number of carbonyl (C=O) groups is 2. The molecule has 252 valence electrons. The van der Waals surface area contributed by atoms with E-state index >= 15 is 0 Å². The zero-order valence-electron chi connectivity index (χ0n) is 28.5. The molecule has 0 radical (unpaired) electrons. The molecule has 0 aliphatic carbocycles. The number of rotatable bonds is 11. The van der Waals surface area contributed by atoms with E-state index in [1.165, 1.54) is 6.20 Å². The monoisotopic (exact) mass is 652 g/mol. The third kappa shape index (κ3) is 7.71. The van der Waals surface area contributed by atoms with Crippen LogP contribution in [0.2, 0.25) is 0 Å². The Balaban J connectivity index is 1.38. The Bertz CT molecular complexity index is 1740.